The smallest absolute Gasteiger partial charge is 0.153 e. The highest BCUT2D eigenvalue weighted by molar-refractivity contribution is 7.84. The van der Waals surface area contributed by atoms with Gasteiger partial charge in [-0.05, 0) is 6.07 Å². The van der Waals surface area contributed by atoms with Crippen molar-refractivity contribution in [3.63, 3.8) is 0 Å². The van der Waals surface area contributed by atoms with Crippen LogP contribution >= 0.6 is 0 Å². The van der Waals surface area contributed by atoms with E-state index in [1.165, 1.54) is 25.5 Å². The third-order valence-electron chi connectivity index (χ3n) is 1.75. The van der Waals surface area contributed by atoms with Crippen molar-refractivity contribution in [3.8, 4) is 11.5 Å². The normalized spacial score (nSPS) is 12.1. The second kappa shape index (κ2) is 4.23. The third-order valence-corrected chi connectivity index (χ3v) is 2.69. The van der Waals surface area contributed by atoms with Gasteiger partial charge in [-0.15, -0.1) is 0 Å². The molecule has 14 heavy (non-hydrogen) atoms. The SMILES string of the molecule is COc1cc(O)c(C=O)cc1[S@@](C)=O. The minimum atomic E-state index is -1.26. The number of phenols is 1. The summed E-state index contributed by atoms with van der Waals surface area (Å²) in [5.41, 5.74) is 0.107. The van der Waals surface area contributed by atoms with Crippen molar-refractivity contribution in [2.24, 2.45) is 0 Å². The summed E-state index contributed by atoms with van der Waals surface area (Å²) in [7, 11) is 0.153. The van der Waals surface area contributed by atoms with Gasteiger partial charge in [-0.2, -0.15) is 0 Å². The molecule has 4 nitrogen and oxygen atoms in total. The number of carbonyl (C=O) groups is 1. The Morgan fingerprint density at radius 1 is 1.50 bits per heavy atom. The number of phenolic OH excluding ortho intramolecular Hbond substituents is 1. The monoisotopic (exact) mass is 214 g/mol. The van der Waals surface area contributed by atoms with Crippen LogP contribution in [0.25, 0.3) is 0 Å². The van der Waals surface area contributed by atoms with Gasteiger partial charge in [0.1, 0.15) is 11.5 Å². The highest BCUT2D eigenvalue weighted by Gasteiger charge is 2.11. The molecule has 76 valence electrons. The molecule has 0 amide bonds. The molecular weight excluding hydrogens is 204 g/mol. The molecule has 0 saturated carbocycles. The van der Waals surface area contributed by atoms with Gasteiger partial charge in [-0.25, -0.2) is 0 Å². The number of carbonyl (C=O) groups excluding carboxylic acids is 1. The summed E-state index contributed by atoms with van der Waals surface area (Å²) in [6.45, 7) is 0. The predicted octanol–water partition coefficient (Wildman–Crippen LogP) is 0.951. The van der Waals surface area contributed by atoms with Crippen LogP contribution in [-0.2, 0) is 10.8 Å². The zero-order chi connectivity index (χ0) is 10.7. The quantitative estimate of drug-likeness (QED) is 0.761. The summed E-state index contributed by atoms with van der Waals surface area (Å²) >= 11 is 0. The second-order valence-corrected chi connectivity index (χ2v) is 3.98. The van der Waals surface area contributed by atoms with Gasteiger partial charge in [-0.1, -0.05) is 0 Å². The lowest BCUT2D eigenvalue weighted by molar-refractivity contribution is 0.112. The number of methoxy groups -OCH3 is 1. The first-order chi connectivity index (χ1) is 6.60. The lowest BCUT2D eigenvalue weighted by Crippen LogP contribution is -1.96. The highest BCUT2D eigenvalue weighted by Crippen LogP contribution is 2.29. The fraction of sp³-hybridized carbons (Fsp3) is 0.222. The standard InChI is InChI=1S/C9H10O4S/c1-13-8-4-7(11)6(5-10)3-9(8)14(2)12/h3-5,11H,1-2H3/t14-/m1/s1. The third kappa shape index (κ3) is 1.93. The molecule has 1 rings (SSSR count). The number of benzene rings is 1. The summed E-state index contributed by atoms with van der Waals surface area (Å²) in [6.07, 6.45) is 1.98. The fourth-order valence-electron chi connectivity index (χ4n) is 1.04. The molecule has 0 aromatic heterocycles. The summed E-state index contributed by atoms with van der Waals surface area (Å²) in [5.74, 6) is 0.139. The van der Waals surface area contributed by atoms with E-state index in [1.807, 2.05) is 0 Å². The Morgan fingerprint density at radius 2 is 2.14 bits per heavy atom. The zero-order valence-electron chi connectivity index (χ0n) is 7.81. The van der Waals surface area contributed by atoms with Crippen LogP contribution in [0.15, 0.2) is 17.0 Å². The summed E-state index contributed by atoms with van der Waals surface area (Å²) < 4.78 is 16.2. The van der Waals surface area contributed by atoms with Crippen LogP contribution in [0, 0.1) is 0 Å². The van der Waals surface area contributed by atoms with E-state index in [1.54, 1.807) is 0 Å². The van der Waals surface area contributed by atoms with Crippen molar-refractivity contribution >= 4 is 17.1 Å². The Hall–Kier alpha value is -1.36. The van der Waals surface area contributed by atoms with Crippen molar-refractivity contribution < 1.29 is 18.8 Å². The van der Waals surface area contributed by atoms with E-state index in [-0.39, 0.29) is 11.3 Å². The molecule has 0 saturated heterocycles. The van der Waals surface area contributed by atoms with Gasteiger partial charge in [0.2, 0.25) is 0 Å². The topological polar surface area (TPSA) is 63.6 Å². The number of hydrogen-bond donors (Lipinski definition) is 1. The van der Waals surface area contributed by atoms with Crippen molar-refractivity contribution in [2.75, 3.05) is 13.4 Å². The maximum atomic E-state index is 11.2. The number of aromatic hydroxyl groups is 1. The Bertz CT molecular complexity index is 387. The molecule has 0 spiro atoms. The molecule has 0 unspecified atom stereocenters. The fourth-order valence-corrected chi connectivity index (χ4v) is 1.76. The molecule has 0 heterocycles. The predicted molar refractivity (Wildman–Crippen MR) is 52.4 cm³/mol. The number of hydrogen-bond acceptors (Lipinski definition) is 4. The first kappa shape index (κ1) is 10.7. The molecule has 0 aliphatic rings. The van der Waals surface area contributed by atoms with Gasteiger partial charge in [0.25, 0.3) is 0 Å². The van der Waals surface area contributed by atoms with Gasteiger partial charge >= 0.3 is 0 Å². The molecule has 0 fully saturated rings. The van der Waals surface area contributed by atoms with E-state index >= 15 is 0 Å². The van der Waals surface area contributed by atoms with Crippen molar-refractivity contribution in [3.05, 3.63) is 17.7 Å². The van der Waals surface area contributed by atoms with Crippen LogP contribution in [0.2, 0.25) is 0 Å². The lowest BCUT2D eigenvalue weighted by atomic mass is 10.2. The van der Waals surface area contributed by atoms with Crippen LogP contribution in [0.3, 0.4) is 0 Å². The molecule has 0 aliphatic carbocycles. The second-order valence-electron chi connectivity index (χ2n) is 2.63. The van der Waals surface area contributed by atoms with E-state index in [0.29, 0.717) is 16.9 Å². The van der Waals surface area contributed by atoms with E-state index < -0.39 is 10.8 Å². The number of aldehydes is 1. The summed E-state index contributed by atoms with van der Waals surface area (Å²) in [4.78, 5) is 10.9. The molecule has 5 heteroatoms. The summed E-state index contributed by atoms with van der Waals surface area (Å²) in [5, 5.41) is 9.32. The van der Waals surface area contributed by atoms with Crippen molar-refractivity contribution in [1.82, 2.24) is 0 Å². The molecule has 1 N–H and O–H groups in total. The first-order valence-corrected chi connectivity index (χ1v) is 5.35. The molecule has 0 aliphatic heterocycles. The van der Waals surface area contributed by atoms with Crippen LogP contribution < -0.4 is 4.74 Å². The van der Waals surface area contributed by atoms with Gasteiger partial charge in [-0.3, -0.25) is 9.00 Å². The highest BCUT2D eigenvalue weighted by atomic mass is 32.2. The maximum Gasteiger partial charge on any atom is 0.153 e. The average molecular weight is 214 g/mol. The lowest BCUT2D eigenvalue weighted by Gasteiger charge is -2.07. The Kier molecular flexibility index (Phi) is 3.24. The van der Waals surface area contributed by atoms with Crippen molar-refractivity contribution in [2.45, 2.75) is 4.90 Å². The average Bonchev–Trinajstić information content (AvgIpc) is 2.16. The van der Waals surface area contributed by atoms with Crippen LogP contribution in [0.4, 0.5) is 0 Å². The minimum Gasteiger partial charge on any atom is -0.507 e. The van der Waals surface area contributed by atoms with E-state index in [2.05, 4.69) is 0 Å². The van der Waals surface area contributed by atoms with Crippen LogP contribution in [0.5, 0.6) is 11.5 Å². The van der Waals surface area contributed by atoms with Gasteiger partial charge in [0, 0.05) is 12.3 Å². The molecule has 1 aromatic carbocycles. The molecular formula is C9H10O4S. The Labute approximate surface area is 84.0 Å². The largest absolute Gasteiger partial charge is 0.507 e. The van der Waals surface area contributed by atoms with E-state index in [9.17, 15) is 14.1 Å². The molecule has 1 atom stereocenters. The van der Waals surface area contributed by atoms with Gasteiger partial charge in [0.15, 0.2) is 6.29 Å². The molecule has 0 radical (unpaired) electrons. The van der Waals surface area contributed by atoms with Crippen LogP contribution in [-0.4, -0.2) is 29.0 Å². The van der Waals surface area contributed by atoms with E-state index in [0.717, 1.165) is 0 Å². The zero-order valence-corrected chi connectivity index (χ0v) is 8.63. The number of ether oxygens (including phenoxy) is 1. The van der Waals surface area contributed by atoms with E-state index in [4.69, 9.17) is 4.74 Å². The Balaban J connectivity index is 3.39. The maximum absolute atomic E-state index is 11.2. The van der Waals surface area contributed by atoms with Gasteiger partial charge in [0.05, 0.1) is 28.4 Å². The molecule has 1 aromatic rings. The molecule has 0 bridgehead atoms. The summed E-state index contributed by atoms with van der Waals surface area (Å²) in [6, 6.07) is 2.64. The van der Waals surface area contributed by atoms with Crippen LogP contribution in [0.1, 0.15) is 10.4 Å². The van der Waals surface area contributed by atoms with Crippen molar-refractivity contribution in [1.29, 1.82) is 0 Å². The number of rotatable bonds is 3. The Morgan fingerprint density at radius 3 is 2.57 bits per heavy atom. The first-order valence-electron chi connectivity index (χ1n) is 3.79. The van der Waals surface area contributed by atoms with Gasteiger partial charge < -0.3 is 9.84 Å². The minimum absolute atomic E-state index is 0.107.